The van der Waals surface area contributed by atoms with Gasteiger partial charge in [-0.3, -0.25) is 4.79 Å². The molecule has 0 saturated heterocycles. The van der Waals surface area contributed by atoms with Crippen molar-refractivity contribution in [2.45, 2.75) is 32.9 Å². The molecule has 2 aromatic rings. The van der Waals surface area contributed by atoms with Crippen LogP contribution < -0.4 is 0 Å². The summed E-state index contributed by atoms with van der Waals surface area (Å²) in [6.45, 7) is 5.56. The van der Waals surface area contributed by atoms with E-state index in [-0.39, 0.29) is 18.1 Å². The van der Waals surface area contributed by atoms with Gasteiger partial charge in [0.1, 0.15) is 12.1 Å². The van der Waals surface area contributed by atoms with Crippen molar-refractivity contribution in [3.05, 3.63) is 36.0 Å². The topological polar surface area (TPSA) is 68.5 Å². The second-order valence-electron chi connectivity index (χ2n) is 5.61. The van der Waals surface area contributed by atoms with Gasteiger partial charge in [-0.05, 0) is 45.0 Å². The first-order valence-electron chi connectivity index (χ1n) is 6.30. The SMILES string of the molecule is CC(C)(C)OC(=O)Cn1ccc2cc(C(=O)O)ccc21. The molecule has 1 N–H and O–H groups in total. The second-order valence-corrected chi connectivity index (χ2v) is 5.61. The Morgan fingerprint density at radius 3 is 2.55 bits per heavy atom. The van der Waals surface area contributed by atoms with Crippen LogP contribution in [0.4, 0.5) is 0 Å². The number of aromatic carboxylic acids is 1. The molecule has 1 aromatic heterocycles. The maximum absolute atomic E-state index is 11.8. The molecule has 1 heterocycles. The summed E-state index contributed by atoms with van der Waals surface area (Å²) >= 11 is 0. The molecule has 1 aromatic carbocycles. The fraction of sp³-hybridized carbons (Fsp3) is 0.333. The van der Waals surface area contributed by atoms with Gasteiger partial charge in [0.25, 0.3) is 0 Å². The number of nitrogens with zero attached hydrogens (tertiary/aromatic N) is 1. The van der Waals surface area contributed by atoms with Gasteiger partial charge >= 0.3 is 11.9 Å². The van der Waals surface area contributed by atoms with Crippen molar-refractivity contribution in [3.8, 4) is 0 Å². The minimum atomic E-state index is -0.966. The number of aromatic nitrogens is 1. The maximum atomic E-state index is 11.8. The van der Waals surface area contributed by atoms with Crippen LogP contribution in [0.3, 0.4) is 0 Å². The number of esters is 1. The minimum absolute atomic E-state index is 0.104. The fourth-order valence-electron chi connectivity index (χ4n) is 1.98. The average molecular weight is 275 g/mol. The van der Waals surface area contributed by atoms with Gasteiger partial charge in [-0.15, -0.1) is 0 Å². The number of ether oxygens (including phenoxy) is 1. The summed E-state index contributed by atoms with van der Waals surface area (Å²) < 4.78 is 7.01. The Morgan fingerprint density at radius 1 is 1.25 bits per heavy atom. The highest BCUT2D eigenvalue weighted by Crippen LogP contribution is 2.18. The number of rotatable bonds is 3. The Bertz CT molecular complexity index is 664. The van der Waals surface area contributed by atoms with Crippen LogP contribution in [-0.4, -0.2) is 27.2 Å². The quantitative estimate of drug-likeness (QED) is 0.874. The zero-order valence-electron chi connectivity index (χ0n) is 11.7. The molecule has 0 spiro atoms. The lowest BCUT2D eigenvalue weighted by atomic mass is 10.1. The molecule has 106 valence electrons. The molecular formula is C15H17NO4. The summed E-state index contributed by atoms with van der Waals surface area (Å²) in [5.74, 6) is -1.29. The van der Waals surface area contributed by atoms with Crippen molar-refractivity contribution < 1.29 is 19.4 Å². The van der Waals surface area contributed by atoms with Crippen molar-refractivity contribution in [2.24, 2.45) is 0 Å². The molecule has 0 fully saturated rings. The number of carboxylic acids is 1. The standard InChI is InChI=1S/C15H17NO4/c1-15(2,3)20-13(17)9-16-7-6-10-8-11(14(18)19)4-5-12(10)16/h4-8H,9H2,1-3H3,(H,18,19). The Labute approximate surface area is 116 Å². The lowest BCUT2D eigenvalue weighted by molar-refractivity contribution is -0.155. The van der Waals surface area contributed by atoms with Crippen LogP contribution >= 0.6 is 0 Å². The normalized spacial score (nSPS) is 11.6. The molecule has 0 bridgehead atoms. The van der Waals surface area contributed by atoms with Gasteiger partial charge in [0.05, 0.1) is 5.56 Å². The molecule has 5 nitrogen and oxygen atoms in total. The smallest absolute Gasteiger partial charge is 0.335 e. The van der Waals surface area contributed by atoms with Crippen LogP contribution in [0.2, 0.25) is 0 Å². The predicted molar refractivity (Wildman–Crippen MR) is 74.7 cm³/mol. The number of hydrogen-bond acceptors (Lipinski definition) is 3. The molecule has 0 aliphatic heterocycles. The minimum Gasteiger partial charge on any atom is -0.478 e. The van der Waals surface area contributed by atoms with E-state index in [4.69, 9.17) is 9.84 Å². The van der Waals surface area contributed by atoms with Crippen molar-refractivity contribution in [1.82, 2.24) is 4.57 Å². The molecule has 0 aliphatic carbocycles. The predicted octanol–water partition coefficient (Wildman–Crippen LogP) is 2.68. The summed E-state index contributed by atoms with van der Waals surface area (Å²) in [6.07, 6.45) is 1.75. The van der Waals surface area contributed by atoms with Crippen LogP contribution in [0.5, 0.6) is 0 Å². The summed E-state index contributed by atoms with van der Waals surface area (Å²) in [5, 5.41) is 9.73. The van der Waals surface area contributed by atoms with E-state index < -0.39 is 11.6 Å². The molecular weight excluding hydrogens is 258 g/mol. The van der Waals surface area contributed by atoms with Crippen molar-refractivity contribution >= 4 is 22.8 Å². The van der Waals surface area contributed by atoms with Gasteiger partial charge in [-0.2, -0.15) is 0 Å². The van der Waals surface area contributed by atoms with E-state index in [0.717, 1.165) is 10.9 Å². The fourth-order valence-corrected chi connectivity index (χ4v) is 1.98. The lowest BCUT2D eigenvalue weighted by Gasteiger charge is -2.19. The maximum Gasteiger partial charge on any atom is 0.335 e. The highest BCUT2D eigenvalue weighted by atomic mass is 16.6. The van der Waals surface area contributed by atoms with Crippen LogP contribution in [0.15, 0.2) is 30.5 Å². The van der Waals surface area contributed by atoms with E-state index in [0.29, 0.717) is 0 Å². The molecule has 0 radical (unpaired) electrons. The highest BCUT2D eigenvalue weighted by molar-refractivity contribution is 5.93. The summed E-state index contributed by atoms with van der Waals surface area (Å²) in [6, 6.07) is 6.59. The Kier molecular flexibility index (Phi) is 3.53. The Morgan fingerprint density at radius 2 is 1.95 bits per heavy atom. The number of carboxylic acid groups (broad SMARTS) is 1. The van der Waals surface area contributed by atoms with E-state index in [1.54, 1.807) is 29.0 Å². The molecule has 2 rings (SSSR count). The lowest BCUT2D eigenvalue weighted by Crippen LogP contribution is -2.26. The van der Waals surface area contributed by atoms with E-state index in [2.05, 4.69) is 0 Å². The second kappa shape index (κ2) is 5.00. The molecule has 0 aliphatic rings. The van der Waals surface area contributed by atoms with Crippen LogP contribution in [0, 0.1) is 0 Å². The van der Waals surface area contributed by atoms with Gasteiger partial charge in [0.15, 0.2) is 0 Å². The largest absolute Gasteiger partial charge is 0.478 e. The zero-order chi connectivity index (χ0) is 14.9. The summed E-state index contributed by atoms with van der Waals surface area (Å²) in [5.41, 5.74) is 0.518. The Hall–Kier alpha value is -2.30. The molecule has 0 atom stereocenters. The monoisotopic (exact) mass is 275 g/mol. The number of fused-ring (bicyclic) bond motifs is 1. The van der Waals surface area contributed by atoms with Crippen molar-refractivity contribution in [1.29, 1.82) is 0 Å². The van der Waals surface area contributed by atoms with Crippen molar-refractivity contribution in [3.63, 3.8) is 0 Å². The number of carbonyl (C=O) groups excluding carboxylic acids is 1. The first-order valence-corrected chi connectivity index (χ1v) is 6.30. The van der Waals surface area contributed by atoms with E-state index >= 15 is 0 Å². The molecule has 0 amide bonds. The van der Waals surface area contributed by atoms with Crippen LogP contribution in [0.25, 0.3) is 10.9 Å². The summed E-state index contributed by atoms with van der Waals surface area (Å²) in [4.78, 5) is 22.7. The van der Waals surface area contributed by atoms with Gasteiger partial charge in [-0.25, -0.2) is 4.79 Å². The van der Waals surface area contributed by atoms with E-state index in [9.17, 15) is 9.59 Å². The van der Waals surface area contributed by atoms with Gasteiger partial charge in [0, 0.05) is 17.1 Å². The van der Waals surface area contributed by atoms with E-state index in [1.165, 1.54) is 6.07 Å². The molecule has 20 heavy (non-hydrogen) atoms. The van der Waals surface area contributed by atoms with Gasteiger partial charge in [-0.1, -0.05) is 0 Å². The number of carbonyl (C=O) groups is 2. The van der Waals surface area contributed by atoms with Crippen molar-refractivity contribution in [2.75, 3.05) is 0 Å². The zero-order valence-corrected chi connectivity index (χ0v) is 11.7. The highest BCUT2D eigenvalue weighted by Gasteiger charge is 2.17. The molecule has 0 saturated carbocycles. The molecule has 0 unspecified atom stereocenters. The third-order valence-corrected chi connectivity index (χ3v) is 2.74. The summed E-state index contributed by atoms with van der Waals surface area (Å²) in [7, 11) is 0. The third-order valence-electron chi connectivity index (χ3n) is 2.74. The third kappa shape index (κ3) is 3.17. The van der Waals surface area contributed by atoms with E-state index in [1.807, 2.05) is 20.8 Å². The first kappa shape index (κ1) is 14.1. The van der Waals surface area contributed by atoms with Gasteiger partial charge in [0.2, 0.25) is 0 Å². The number of hydrogen-bond donors (Lipinski definition) is 1. The Balaban J connectivity index is 2.24. The number of benzene rings is 1. The first-order chi connectivity index (χ1) is 9.26. The van der Waals surface area contributed by atoms with Gasteiger partial charge < -0.3 is 14.4 Å². The average Bonchev–Trinajstić information content (AvgIpc) is 2.69. The van der Waals surface area contributed by atoms with Crippen LogP contribution in [-0.2, 0) is 16.1 Å². The van der Waals surface area contributed by atoms with Crippen LogP contribution in [0.1, 0.15) is 31.1 Å². The molecule has 5 heteroatoms.